The first-order valence-electron chi connectivity index (χ1n) is 26.1. The second-order valence-corrected chi connectivity index (χ2v) is 20.5. The Kier molecular flexibility index (Phi) is 22.2. The van der Waals surface area contributed by atoms with E-state index in [2.05, 4.69) is 51.8 Å². The Hall–Kier alpha value is -7.46. The van der Waals surface area contributed by atoms with Crippen LogP contribution in [0.4, 0.5) is 0 Å². The third-order valence-corrected chi connectivity index (χ3v) is 13.9. The van der Waals surface area contributed by atoms with Crippen molar-refractivity contribution in [1.82, 2.24) is 56.7 Å². The first-order valence-corrected chi connectivity index (χ1v) is 26.1. The molecule has 22 heteroatoms. The van der Waals surface area contributed by atoms with E-state index in [4.69, 9.17) is 11.5 Å². The van der Waals surface area contributed by atoms with E-state index in [-0.39, 0.29) is 51.0 Å². The van der Waals surface area contributed by atoms with Gasteiger partial charge in [-0.3, -0.25) is 38.4 Å². The largest absolute Gasteiger partial charge is 0.390 e. The normalized spacial score (nSPS) is 17.3. The molecule has 1 aliphatic heterocycles. The average Bonchev–Trinajstić information content (AvgIpc) is 4.22. The van der Waals surface area contributed by atoms with Crippen molar-refractivity contribution in [2.45, 2.75) is 160 Å². The number of primary amides is 1. The predicted molar refractivity (Wildman–Crippen MR) is 283 cm³/mol. The van der Waals surface area contributed by atoms with E-state index in [9.17, 15) is 43.5 Å². The summed E-state index contributed by atoms with van der Waals surface area (Å²) in [6, 6.07) is 10.1. The topological polar surface area (TPSA) is 342 Å². The average molecular weight is 1050 g/mol. The van der Waals surface area contributed by atoms with Crippen LogP contribution in [0.5, 0.6) is 0 Å². The van der Waals surface area contributed by atoms with Crippen molar-refractivity contribution >= 4 is 47.3 Å². The summed E-state index contributed by atoms with van der Waals surface area (Å²) in [4.78, 5) is 126. The van der Waals surface area contributed by atoms with E-state index in [1.807, 2.05) is 26.8 Å². The maximum Gasteiger partial charge on any atom is 0.246 e. The number of nitrogens with two attached hydrogens (primary N) is 2. The van der Waals surface area contributed by atoms with Crippen LogP contribution in [-0.2, 0) is 64.0 Å². The maximum atomic E-state index is 14.6. The second kappa shape index (κ2) is 28.4. The highest BCUT2D eigenvalue weighted by atomic mass is 16.3. The molecule has 0 bridgehead atoms. The molecular weight excluding hydrogens is 975 g/mol. The molecule has 2 aromatic heterocycles. The highest BCUT2D eigenvalue weighted by Crippen LogP contribution is 2.22. The lowest BCUT2D eigenvalue weighted by Crippen LogP contribution is -2.61. The van der Waals surface area contributed by atoms with Crippen molar-refractivity contribution < 1.29 is 43.5 Å². The summed E-state index contributed by atoms with van der Waals surface area (Å²) in [6.45, 7) is 10.9. The number of benzene rings is 2. The van der Waals surface area contributed by atoms with Crippen molar-refractivity contribution in [3.63, 3.8) is 0 Å². The molecule has 1 saturated heterocycles. The number of likely N-dealkylation sites (tertiary alicyclic amines) is 1. The Morgan fingerprint density at radius 3 is 1.79 bits per heavy atom. The van der Waals surface area contributed by atoms with Gasteiger partial charge in [0, 0.05) is 56.0 Å². The van der Waals surface area contributed by atoms with Crippen LogP contribution < -0.4 is 43.4 Å². The van der Waals surface area contributed by atoms with E-state index in [0.29, 0.717) is 36.2 Å². The van der Waals surface area contributed by atoms with Crippen LogP contribution in [-0.4, -0.2) is 138 Å². The summed E-state index contributed by atoms with van der Waals surface area (Å²) in [5.74, 6) is -5.66. The summed E-state index contributed by atoms with van der Waals surface area (Å²) in [5, 5.41) is 28.4. The number of imidazole rings is 2. The molecule has 0 spiro atoms. The molecule has 76 heavy (non-hydrogen) atoms. The lowest BCUT2D eigenvalue weighted by atomic mass is 9.95. The van der Waals surface area contributed by atoms with Crippen LogP contribution >= 0.6 is 0 Å². The fourth-order valence-electron chi connectivity index (χ4n) is 8.93. The van der Waals surface area contributed by atoms with Gasteiger partial charge in [0.25, 0.3) is 0 Å². The molecule has 13 N–H and O–H groups in total. The number of carbonyl (C=O) groups is 8. The Balaban J connectivity index is 1.33. The van der Waals surface area contributed by atoms with Gasteiger partial charge in [-0.2, -0.15) is 0 Å². The summed E-state index contributed by atoms with van der Waals surface area (Å²) < 4.78 is 0. The monoisotopic (exact) mass is 1050 g/mol. The number of rotatable bonds is 29. The molecular formula is C54H77N13O9. The minimum Gasteiger partial charge on any atom is -0.390 e. The third-order valence-electron chi connectivity index (χ3n) is 13.9. The molecule has 1 aliphatic rings. The SMILES string of the molecule is CC[C@H](C)[C@H](NC(=O)C[C@H](O)[C@H](CC(C)C)NC(=O)[C@H](Cc1cnc[nH]1)NC(=O)[C@H](Cc1ccccc1)NC(=O)[C@@H]1CCCN1C(=O)[C@H](Cc1cnc[nH]1)NC(=O)[C@](C)(N)CC)C(=O)N[C@@H](Cc1ccccc1)C(N)=O. The second-order valence-electron chi connectivity index (χ2n) is 20.5. The van der Waals surface area contributed by atoms with Gasteiger partial charge in [0.05, 0.1) is 36.8 Å². The third kappa shape index (κ3) is 17.6. The number of hydrogen-bond donors (Lipinski definition) is 11. The zero-order chi connectivity index (χ0) is 55.5. The van der Waals surface area contributed by atoms with Gasteiger partial charge >= 0.3 is 0 Å². The zero-order valence-electron chi connectivity index (χ0n) is 44.3. The molecule has 0 aliphatic carbocycles. The molecule has 22 nitrogen and oxygen atoms in total. The Bertz CT molecular complexity index is 2530. The molecule has 5 rings (SSSR count). The van der Waals surface area contributed by atoms with Gasteiger partial charge in [-0.25, -0.2) is 9.97 Å². The number of hydrogen-bond acceptors (Lipinski definition) is 12. The fraction of sp³-hybridized carbons (Fsp3) is 0.519. The first-order chi connectivity index (χ1) is 36.2. The van der Waals surface area contributed by atoms with Gasteiger partial charge in [0.1, 0.15) is 36.3 Å². The molecule has 10 atom stereocenters. The van der Waals surface area contributed by atoms with Crippen LogP contribution in [0.2, 0.25) is 0 Å². The number of nitrogens with zero attached hydrogens (tertiary/aromatic N) is 3. The summed E-state index contributed by atoms with van der Waals surface area (Å²) in [7, 11) is 0. The van der Waals surface area contributed by atoms with E-state index < -0.39 is 114 Å². The number of aromatic nitrogens is 4. The molecule has 0 unspecified atom stereocenters. The number of nitrogens with one attached hydrogen (secondary N) is 8. The molecule has 2 aromatic carbocycles. The first kappa shape index (κ1) is 59.4. The van der Waals surface area contributed by atoms with Gasteiger partial charge in [0.15, 0.2) is 0 Å². The van der Waals surface area contributed by atoms with E-state index in [1.54, 1.807) is 75.4 Å². The van der Waals surface area contributed by atoms with Gasteiger partial charge in [0.2, 0.25) is 47.3 Å². The van der Waals surface area contributed by atoms with Crippen molar-refractivity contribution in [1.29, 1.82) is 0 Å². The molecule has 4 aromatic rings. The summed E-state index contributed by atoms with van der Waals surface area (Å²) in [5.41, 5.74) is 13.2. The number of H-pyrrole nitrogens is 2. The van der Waals surface area contributed by atoms with Crippen molar-refractivity contribution in [3.05, 3.63) is 108 Å². The van der Waals surface area contributed by atoms with Gasteiger partial charge in [-0.05, 0) is 55.6 Å². The summed E-state index contributed by atoms with van der Waals surface area (Å²) >= 11 is 0. The molecule has 0 radical (unpaired) electrons. The Labute approximate surface area is 443 Å². The van der Waals surface area contributed by atoms with Crippen LogP contribution in [0, 0.1) is 11.8 Å². The smallest absolute Gasteiger partial charge is 0.246 e. The highest BCUT2D eigenvalue weighted by Gasteiger charge is 2.41. The Morgan fingerprint density at radius 2 is 1.26 bits per heavy atom. The number of carbonyl (C=O) groups excluding carboxylic acids is 8. The van der Waals surface area contributed by atoms with E-state index >= 15 is 0 Å². The fourth-order valence-corrected chi connectivity index (χ4v) is 8.93. The van der Waals surface area contributed by atoms with Gasteiger partial charge in [-0.15, -0.1) is 0 Å². The molecule has 1 fully saturated rings. The van der Waals surface area contributed by atoms with Crippen LogP contribution in [0.15, 0.2) is 85.7 Å². The minimum atomic E-state index is -1.46. The number of amides is 8. The lowest BCUT2D eigenvalue weighted by Gasteiger charge is -2.32. The number of aromatic amines is 2. The predicted octanol–water partition coefficient (Wildman–Crippen LogP) is 0.759. The standard InChI is InChI=1S/C54H77N13O9/c1-7-33(5)46(51(74)62-39(47(55)70)23-34-16-11-9-12-17-34)66-45(69)27-44(68)38(22-32(3)4)61-49(72)41(25-36-28-57-30-59-36)63-48(71)40(24-35-18-13-10-14-19-35)64-50(73)43-20-15-21-67(43)52(75)42(26-37-29-58-31-60-37)65-53(76)54(6,56)8-2/h9-14,16-19,28-33,38-44,46,68H,7-8,15,20-27,56H2,1-6H3,(H2,55,70)(H,57,59)(H,58,60)(H,61,72)(H,62,74)(H,63,71)(H,64,73)(H,65,76)(H,66,69)/t33-,38-,39-,40-,41-,42-,43-,44-,46-,54+/m0/s1. The molecule has 8 amide bonds. The van der Waals surface area contributed by atoms with E-state index in [1.165, 1.54) is 29.9 Å². The minimum absolute atomic E-state index is 0.00222. The van der Waals surface area contributed by atoms with Crippen LogP contribution in [0.1, 0.15) is 103 Å². The maximum absolute atomic E-state index is 14.6. The quantitative estimate of drug-likeness (QED) is 0.0359. The molecule has 412 valence electrons. The number of aliphatic hydroxyl groups excluding tert-OH is 1. The van der Waals surface area contributed by atoms with Crippen molar-refractivity contribution in [2.24, 2.45) is 23.3 Å². The molecule has 3 heterocycles. The van der Waals surface area contributed by atoms with Crippen LogP contribution in [0.25, 0.3) is 0 Å². The molecule has 0 saturated carbocycles. The Morgan fingerprint density at radius 1 is 0.724 bits per heavy atom. The van der Waals surface area contributed by atoms with Gasteiger partial charge < -0.3 is 63.3 Å². The van der Waals surface area contributed by atoms with Crippen LogP contribution in [0.3, 0.4) is 0 Å². The van der Waals surface area contributed by atoms with E-state index in [0.717, 1.165) is 5.56 Å². The number of aliphatic hydroxyl groups is 1. The summed E-state index contributed by atoms with van der Waals surface area (Å²) in [6.07, 6.45) is 5.71. The highest BCUT2D eigenvalue weighted by molar-refractivity contribution is 5.97. The van der Waals surface area contributed by atoms with Crippen molar-refractivity contribution in [2.75, 3.05) is 6.54 Å². The van der Waals surface area contributed by atoms with Gasteiger partial charge in [-0.1, -0.05) is 102 Å². The zero-order valence-corrected chi connectivity index (χ0v) is 44.3. The van der Waals surface area contributed by atoms with Crippen molar-refractivity contribution in [3.8, 4) is 0 Å². The lowest BCUT2D eigenvalue weighted by molar-refractivity contribution is -0.142.